The highest BCUT2D eigenvalue weighted by Crippen LogP contribution is 2.48. The van der Waals surface area contributed by atoms with Crippen molar-refractivity contribution in [3.8, 4) is 11.3 Å². The predicted molar refractivity (Wildman–Crippen MR) is 106 cm³/mol. The standard InChI is InChI=1S/C21H22N2O3S/c1-10-4-5-15(8-11(10)2)18-12(3)27-21(22-18)23-19(24)16-13-6-7-14(9-13)17(16)20(25)26/h4-8,13-14,16-17H,9H2,1-3H3,(H,25,26)(H,22,23,24)/t13-,14+,16+,17+/m1/s1. The third-order valence-electron chi connectivity index (χ3n) is 5.85. The van der Waals surface area contributed by atoms with Crippen molar-refractivity contribution < 1.29 is 14.7 Å². The molecule has 5 nitrogen and oxygen atoms in total. The van der Waals surface area contributed by atoms with E-state index in [0.29, 0.717) is 5.13 Å². The fourth-order valence-corrected chi connectivity index (χ4v) is 5.15. The van der Waals surface area contributed by atoms with Crippen LogP contribution in [0.5, 0.6) is 0 Å². The van der Waals surface area contributed by atoms with E-state index >= 15 is 0 Å². The Kier molecular flexibility index (Phi) is 4.38. The molecule has 4 atom stereocenters. The molecule has 2 N–H and O–H groups in total. The van der Waals surface area contributed by atoms with Gasteiger partial charge in [-0.15, -0.1) is 11.3 Å². The summed E-state index contributed by atoms with van der Waals surface area (Å²) in [7, 11) is 0. The minimum atomic E-state index is -0.891. The molecule has 0 unspecified atom stereocenters. The Balaban J connectivity index is 1.57. The summed E-state index contributed by atoms with van der Waals surface area (Å²) in [4.78, 5) is 30.1. The number of thiazole rings is 1. The van der Waals surface area contributed by atoms with Crippen LogP contribution >= 0.6 is 11.3 Å². The molecule has 0 saturated heterocycles. The van der Waals surface area contributed by atoms with Crippen LogP contribution in [0.2, 0.25) is 0 Å². The van der Waals surface area contributed by atoms with Gasteiger partial charge in [0.15, 0.2) is 5.13 Å². The van der Waals surface area contributed by atoms with Gasteiger partial charge >= 0.3 is 5.97 Å². The lowest BCUT2D eigenvalue weighted by molar-refractivity contribution is -0.146. The van der Waals surface area contributed by atoms with Crippen LogP contribution in [0.3, 0.4) is 0 Å². The minimum absolute atomic E-state index is 0.0105. The molecule has 4 rings (SSSR count). The molecule has 1 saturated carbocycles. The van der Waals surface area contributed by atoms with Gasteiger partial charge in [0, 0.05) is 10.4 Å². The first kappa shape index (κ1) is 17.9. The van der Waals surface area contributed by atoms with Crippen LogP contribution in [0.25, 0.3) is 11.3 Å². The number of nitrogens with zero attached hydrogens (tertiary/aromatic N) is 1. The fraction of sp³-hybridized carbons (Fsp3) is 0.381. The molecule has 0 spiro atoms. The molecule has 140 valence electrons. The van der Waals surface area contributed by atoms with Crippen LogP contribution in [0.1, 0.15) is 22.4 Å². The van der Waals surface area contributed by atoms with Crippen molar-refractivity contribution in [1.29, 1.82) is 0 Å². The molecule has 1 aromatic heterocycles. The number of carboxylic acid groups (broad SMARTS) is 1. The van der Waals surface area contributed by atoms with Gasteiger partial charge in [0.25, 0.3) is 0 Å². The molecular weight excluding hydrogens is 360 g/mol. The van der Waals surface area contributed by atoms with E-state index in [9.17, 15) is 14.7 Å². The molecule has 0 radical (unpaired) electrons. The monoisotopic (exact) mass is 382 g/mol. The number of hydrogen-bond acceptors (Lipinski definition) is 4. The molecular formula is C21H22N2O3S. The molecule has 0 aliphatic heterocycles. The number of aliphatic carboxylic acids is 1. The first-order valence-corrected chi connectivity index (χ1v) is 9.94. The molecule has 2 bridgehead atoms. The van der Waals surface area contributed by atoms with Crippen molar-refractivity contribution in [3.05, 3.63) is 46.4 Å². The smallest absolute Gasteiger partial charge is 0.307 e. The van der Waals surface area contributed by atoms with E-state index in [-0.39, 0.29) is 17.7 Å². The highest BCUT2D eigenvalue weighted by molar-refractivity contribution is 7.16. The second-order valence-corrected chi connectivity index (χ2v) is 8.75. The van der Waals surface area contributed by atoms with Crippen molar-refractivity contribution in [1.82, 2.24) is 4.98 Å². The van der Waals surface area contributed by atoms with Crippen LogP contribution < -0.4 is 5.32 Å². The van der Waals surface area contributed by atoms with E-state index < -0.39 is 17.8 Å². The number of rotatable bonds is 4. The summed E-state index contributed by atoms with van der Waals surface area (Å²) in [5.74, 6) is -2.31. The maximum atomic E-state index is 12.8. The summed E-state index contributed by atoms with van der Waals surface area (Å²) >= 11 is 1.43. The van der Waals surface area contributed by atoms with E-state index in [0.717, 1.165) is 22.6 Å². The molecule has 1 heterocycles. The van der Waals surface area contributed by atoms with Crippen molar-refractivity contribution in [2.24, 2.45) is 23.7 Å². The van der Waals surface area contributed by atoms with Gasteiger partial charge in [-0.05, 0) is 56.2 Å². The van der Waals surface area contributed by atoms with E-state index in [4.69, 9.17) is 0 Å². The van der Waals surface area contributed by atoms with E-state index in [1.54, 1.807) is 0 Å². The lowest BCUT2D eigenvalue weighted by atomic mass is 9.82. The summed E-state index contributed by atoms with van der Waals surface area (Å²) in [6, 6.07) is 6.21. The van der Waals surface area contributed by atoms with Crippen LogP contribution in [0.4, 0.5) is 5.13 Å². The number of nitrogens with one attached hydrogen (secondary N) is 1. The second-order valence-electron chi connectivity index (χ2n) is 7.55. The Hall–Kier alpha value is -2.47. The molecule has 1 fully saturated rings. The Bertz CT molecular complexity index is 962. The number of allylic oxidation sites excluding steroid dienone is 2. The number of carbonyl (C=O) groups excluding carboxylic acids is 1. The number of aryl methyl sites for hydroxylation is 3. The zero-order valence-corrected chi connectivity index (χ0v) is 16.3. The number of carbonyl (C=O) groups is 2. The van der Waals surface area contributed by atoms with Crippen molar-refractivity contribution in [2.45, 2.75) is 27.2 Å². The van der Waals surface area contributed by atoms with Crippen molar-refractivity contribution in [3.63, 3.8) is 0 Å². The highest BCUT2D eigenvalue weighted by atomic mass is 32.1. The Morgan fingerprint density at radius 3 is 2.48 bits per heavy atom. The average Bonchev–Trinajstić information content (AvgIpc) is 3.31. The summed E-state index contributed by atoms with van der Waals surface area (Å²) in [6.45, 7) is 6.12. The zero-order chi connectivity index (χ0) is 19.3. The van der Waals surface area contributed by atoms with Gasteiger partial charge in [0.2, 0.25) is 5.91 Å². The molecule has 1 aromatic carbocycles. The number of carboxylic acids is 1. The Morgan fingerprint density at radius 2 is 1.81 bits per heavy atom. The molecule has 2 aromatic rings. The van der Waals surface area contributed by atoms with Crippen LogP contribution in [0, 0.1) is 44.4 Å². The maximum absolute atomic E-state index is 12.8. The number of amides is 1. The lowest BCUT2D eigenvalue weighted by Gasteiger charge is -2.23. The van der Waals surface area contributed by atoms with Gasteiger partial charge in [-0.2, -0.15) is 0 Å². The van der Waals surface area contributed by atoms with Gasteiger partial charge in [-0.3, -0.25) is 9.59 Å². The number of benzene rings is 1. The lowest BCUT2D eigenvalue weighted by Crippen LogP contribution is -2.36. The Morgan fingerprint density at radius 1 is 1.11 bits per heavy atom. The second kappa shape index (κ2) is 6.60. The predicted octanol–water partition coefficient (Wildman–Crippen LogP) is 4.20. The first-order chi connectivity index (χ1) is 12.8. The number of fused-ring (bicyclic) bond motifs is 2. The van der Waals surface area contributed by atoms with E-state index in [2.05, 4.69) is 36.3 Å². The summed E-state index contributed by atoms with van der Waals surface area (Å²) in [5.41, 5.74) is 4.31. The number of aromatic nitrogens is 1. The molecule has 6 heteroatoms. The number of anilines is 1. The maximum Gasteiger partial charge on any atom is 0.307 e. The largest absolute Gasteiger partial charge is 0.481 e. The summed E-state index contributed by atoms with van der Waals surface area (Å²) in [5, 5.41) is 13.0. The first-order valence-electron chi connectivity index (χ1n) is 9.12. The fourth-order valence-electron chi connectivity index (χ4n) is 4.31. The zero-order valence-electron chi connectivity index (χ0n) is 15.5. The van der Waals surface area contributed by atoms with Gasteiger partial charge in [0.05, 0.1) is 17.5 Å². The van der Waals surface area contributed by atoms with Gasteiger partial charge < -0.3 is 10.4 Å². The molecule has 1 amide bonds. The van der Waals surface area contributed by atoms with Crippen molar-refractivity contribution >= 4 is 28.3 Å². The van der Waals surface area contributed by atoms with Crippen molar-refractivity contribution in [2.75, 3.05) is 5.32 Å². The minimum Gasteiger partial charge on any atom is -0.481 e. The van der Waals surface area contributed by atoms with Gasteiger partial charge in [-0.25, -0.2) is 4.98 Å². The molecule has 27 heavy (non-hydrogen) atoms. The third-order valence-corrected chi connectivity index (χ3v) is 6.74. The normalized spacial score (nSPS) is 25.7. The molecule has 2 aliphatic rings. The number of hydrogen-bond donors (Lipinski definition) is 2. The van der Waals surface area contributed by atoms with Crippen LogP contribution in [0.15, 0.2) is 30.4 Å². The van der Waals surface area contributed by atoms with Crippen LogP contribution in [-0.4, -0.2) is 22.0 Å². The quantitative estimate of drug-likeness (QED) is 0.777. The topological polar surface area (TPSA) is 79.3 Å². The van der Waals surface area contributed by atoms with Gasteiger partial charge in [-0.1, -0.05) is 24.3 Å². The third kappa shape index (κ3) is 3.08. The molecule has 2 aliphatic carbocycles. The highest BCUT2D eigenvalue weighted by Gasteiger charge is 2.51. The summed E-state index contributed by atoms with van der Waals surface area (Å²) < 4.78 is 0. The van der Waals surface area contributed by atoms with Gasteiger partial charge in [0.1, 0.15) is 0 Å². The average molecular weight is 382 g/mol. The summed E-state index contributed by atoms with van der Waals surface area (Å²) in [6.07, 6.45) is 4.68. The van der Waals surface area contributed by atoms with E-state index in [1.165, 1.54) is 22.5 Å². The Labute approximate surface area is 162 Å². The van der Waals surface area contributed by atoms with E-state index in [1.807, 2.05) is 25.1 Å². The SMILES string of the molecule is Cc1ccc(-c2nc(NC(=O)[C@@H]3[C@@H](C(=O)O)[C@H]4C=C[C@@H]3C4)sc2C)cc1C. The van der Waals surface area contributed by atoms with Crippen LogP contribution in [-0.2, 0) is 9.59 Å².